The van der Waals surface area contributed by atoms with Gasteiger partial charge >= 0.3 is 0 Å². The number of fused-ring (bicyclic) bond motifs is 1. The standard InChI is InChI=1S/C24H17ClN4O/c1-15-2-7-19(8-3-15)30-23-11-5-16(13-27-23)20-9-4-17(14-26-20)24-28-21-10-6-18(25)12-22(21)29-24/h2-14H,1H3,(H,28,29). The van der Waals surface area contributed by atoms with E-state index in [2.05, 4.69) is 19.9 Å². The summed E-state index contributed by atoms with van der Waals surface area (Å²) in [5.74, 6) is 2.06. The van der Waals surface area contributed by atoms with E-state index in [0.29, 0.717) is 10.9 Å². The van der Waals surface area contributed by atoms with Crippen molar-refractivity contribution in [2.75, 3.05) is 0 Å². The van der Waals surface area contributed by atoms with Gasteiger partial charge in [0.15, 0.2) is 0 Å². The van der Waals surface area contributed by atoms with E-state index >= 15 is 0 Å². The van der Waals surface area contributed by atoms with E-state index in [1.54, 1.807) is 12.4 Å². The van der Waals surface area contributed by atoms with E-state index < -0.39 is 0 Å². The van der Waals surface area contributed by atoms with Gasteiger partial charge in [-0.1, -0.05) is 29.3 Å². The lowest BCUT2D eigenvalue weighted by molar-refractivity contribution is 0.463. The van der Waals surface area contributed by atoms with Gasteiger partial charge in [0, 0.05) is 34.6 Å². The number of aryl methyl sites for hydroxylation is 1. The summed E-state index contributed by atoms with van der Waals surface area (Å²) in [6.45, 7) is 2.04. The zero-order chi connectivity index (χ0) is 20.5. The first-order valence-corrected chi connectivity index (χ1v) is 9.84. The second kappa shape index (κ2) is 7.61. The summed E-state index contributed by atoms with van der Waals surface area (Å²) in [4.78, 5) is 16.8. The molecule has 3 aromatic heterocycles. The zero-order valence-corrected chi connectivity index (χ0v) is 16.9. The van der Waals surface area contributed by atoms with Crippen molar-refractivity contribution in [2.24, 2.45) is 0 Å². The third kappa shape index (κ3) is 3.75. The summed E-state index contributed by atoms with van der Waals surface area (Å²) in [6.07, 6.45) is 3.56. The van der Waals surface area contributed by atoms with Crippen LogP contribution in [0, 0.1) is 6.92 Å². The second-order valence-corrected chi connectivity index (χ2v) is 7.42. The van der Waals surface area contributed by atoms with Crippen molar-refractivity contribution in [1.82, 2.24) is 19.9 Å². The Bertz CT molecular complexity index is 1310. The van der Waals surface area contributed by atoms with Crippen LogP contribution in [0.3, 0.4) is 0 Å². The lowest BCUT2D eigenvalue weighted by Gasteiger charge is -2.06. The Hall–Kier alpha value is -3.70. The Morgan fingerprint density at radius 3 is 2.37 bits per heavy atom. The molecule has 2 aromatic carbocycles. The normalized spacial score (nSPS) is 11.0. The zero-order valence-electron chi connectivity index (χ0n) is 16.1. The minimum Gasteiger partial charge on any atom is -0.439 e. The van der Waals surface area contributed by atoms with Crippen LogP contribution in [0.5, 0.6) is 11.6 Å². The van der Waals surface area contributed by atoms with Crippen molar-refractivity contribution < 1.29 is 4.74 Å². The van der Waals surface area contributed by atoms with Crippen molar-refractivity contribution in [1.29, 1.82) is 0 Å². The molecular formula is C24H17ClN4O. The molecule has 0 unspecified atom stereocenters. The number of rotatable bonds is 4. The fourth-order valence-corrected chi connectivity index (χ4v) is 3.31. The number of nitrogens with one attached hydrogen (secondary N) is 1. The number of hydrogen-bond donors (Lipinski definition) is 1. The number of hydrogen-bond acceptors (Lipinski definition) is 4. The molecule has 0 saturated heterocycles. The Morgan fingerprint density at radius 1 is 0.833 bits per heavy atom. The quantitative estimate of drug-likeness (QED) is 0.369. The summed E-state index contributed by atoms with van der Waals surface area (Å²) in [7, 11) is 0. The van der Waals surface area contributed by atoms with Crippen LogP contribution in [0.2, 0.25) is 5.02 Å². The molecule has 0 aliphatic rings. The molecule has 0 aliphatic heterocycles. The van der Waals surface area contributed by atoms with Crippen molar-refractivity contribution >= 4 is 22.6 Å². The van der Waals surface area contributed by atoms with Crippen LogP contribution in [0.1, 0.15) is 5.56 Å². The van der Waals surface area contributed by atoms with Crippen molar-refractivity contribution in [2.45, 2.75) is 6.92 Å². The number of ether oxygens (including phenoxy) is 1. The highest BCUT2D eigenvalue weighted by Crippen LogP contribution is 2.26. The van der Waals surface area contributed by atoms with Crippen LogP contribution in [0.4, 0.5) is 0 Å². The highest BCUT2D eigenvalue weighted by Gasteiger charge is 2.08. The van der Waals surface area contributed by atoms with E-state index in [-0.39, 0.29) is 0 Å². The first-order valence-electron chi connectivity index (χ1n) is 9.47. The molecule has 0 fully saturated rings. The fourth-order valence-electron chi connectivity index (χ4n) is 3.14. The van der Waals surface area contributed by atoms with Gasteiger partial charge in [-0.3, -0.25) is 4.98 Å². The maximum absolute atomic E-state index is 6.05. The van der Waals surface area contributed by atoms with Gasteiger partial charge in [0.2, 0.25) is 5.88 Å². The molecule has 5 aromatic rings. The van der Waals surface area contributed by atoms with E-state index in [4.69, 9.17) is 16.3 Å². The summed E-state index contributed by atoms with van der Waals surface area (Å²) >= 11 is 6.05. The number of imidazole rings is 1. The fraction of sp³-hybridized carbons (Fsp3) is 0.0417. The smallest absolute Gasteiger partial charge is 0.219 e. The Kier molecular flexibility index (Phi) is 4.65. The van der Waals surface area contributed by atoms with Crippen LogP contribution in [-0.4, -0.2) is 19.9 Å². The van der Waals surface area contributed by atoms with Crippen LogP contribution in [0.15, 0.2) is 79.1 Å². The number of aromatic amines is 1. The number of pyridine rings is 2. The van der Waals surface area contributed by atoms with Crippen LogP contribution < -0.4 is 4.74 Å². The van der Waals surface area contributed by atoms with E-state index in [1.165, 1.54) is 5.56 Å². The van der Waals surface area contributed by atoms with Gasteiger partial charge in [0.05, 0.1) is 16.7 Å². The molecule has 6 heteroatoms. The Labute approximate surface area is 178 Å². The summed E-state index contributed by atoms with van der Waals surface area (Å²) in [5, 5.41) is 0.675. The monoisotopic (exact) mass is 412 g/mol. The SMILES string of the molecule is Cc1ccc(Oc2ccc(-c3ccc(-c4nc5ccc(Cl)cc5[nH]4)cn3)cn2)cc1. The predicted octanol–water partition coefficient (Wildman–Crippen LogP) is 6.44. The van der Waals surface area contributed by atoms with Gasteiger partial charge in [0.25, 0.3) is 0 Å². The number of aromatic nitrogens is 4. The molecule has 0 amide bonds. The van der Waals surface area contributed by atoms with Gasteiger partial charge in [0.1, 0.15) is 11.6 Å². The van der Waals surface area contributed by atoms with Crippen LogP contribution in [0.25, 0.3) is 33.7 Å². The van der Waals surface area contributed by atoms with Gasteiger partial charge in [-0.05, 0) is 55.5 Å². The Balaban J connectivity index is 1.35. The largest absolute Gasteiger partial charge is 0.439 e. The third-order valence-electron chi connectivity index (χ3n) is 4.76. The minimum absolute atomic E-state index is 0.542. The summed E-state index contributed by atoms with van der Waals surface area (Å²) in [5.41, 5.74) is 5.59. The molecular weight excluding hydrogens is 396 g/mol. The molecule has 0 saturated carbocycles. The molecule has 0 bridgehead atoms. The molecule has 0 atom stereocenters. The number of H-pyrrole nitrogens is 1. The third-order valence-corrected chi connectivity index (χ3v) is 4.99. The second-order valence-electron chi connectivity index (χ2n) is 6.98. The molecule has 3 heterocycles. The van der Waals surface area contributed by atoms with Gasteiger partial charge < -0.3 is 9.72 Å². The predicted molar refractivity (Wildman–Crippen MR) is 119 cm³/mol. The topological polar surface area (TPSA) is 63.7 Å². The lowest BCUT2D eigenvalue weighted by Crippen LogP contribution is -1.90. The highest BCUT2D eigenvalue weighted by molar-refractivity contribution is 6.31. The number of benzene rings is 2. The molecule has 30 heavy (non-hydrogen) atoms. The molecule has 0 aliphatic carbocycles. The molecule has 1 N–H and O–H groups in total. The van der Waals surface area contributed by atoms with E-state index in [9.17, 15) is 0 Å². The average Bonchev–Trinajstić information content (AvgIpc) is 3.19. The summed E-state index contributed by atoms with van der Waals surface area (Å²) < 4.78 is 5.79. The maximum Gasteiger partial charge on any atom is 0.219 e. The maximum atomic E-state index is 6.05. The lowest BCUT2D eigenvalue weighted by atomic mass is 10.1. The number of nitrogens with zero attached hydrogens (tertiary/aromatic N) is 3. The van der Waals surface area contributed by atoms with Crippen LogP contribution in [-0.2, 0) is 0 Å². The van der Waals surface area contributed by atoms with Gasteiger partial charge in [-0.25, -0.2) is 9.97 Å². The van der Waals surface area contributed by atoms with Gasteiger partial charge in [-0.2, -0.15) is 0 Å². The highest BCUT2D eigenvalue weighted by atomic mass is 35.5. The average molecular weight is 413 g/mol. The molecule has 5 nitrogen and oxygen atoms in total. The Morgan fingerprint density at radius 2 is 1.63 bits per heavy atom. The van der Waals surface area contributed by atoms with Gasteiger partial charge in [-0.15, -0.1) is 0 Å². The molecule has 5 rings (SSSR count). The molecule has 0 spiro atoms. The first-order chi connectivity index (χ1) is 14.6. The van der Waals surface area contributed by atoms with Crippen molar-refractivity contribution in [3.05, 3.63) is 89.7 Å². The van der Waals surface area contributed by atoms with Crippen molar-refractivity contribution in [3.63, 3.8) is 0 Å². The molecule has 146 valence electrons. The summed E-state index contributed by atoms with van der Waals surface area (Å²) in [6, 6.07) is 21.2. The molecule has 0 radical (unpaired) electrons. The van der Waals surface area contributed by atoms with Crippen LogP contribution >= 0.6 is 11.6 Å². The minimum atomic E-state index is 0.542. The number of halogens is 1. The van der Waals surface area contributed by atoms with Crippen molar-refractivity contribution in [3.8, 4) is 34.3 Å². The van der Waals surface area contributed by atoms with E-state index in [0.717, 1.165) is 39.4 Å². The van der Waals surface area contributed by atoms with E-state index in [1.807, 2.05) is 73.7 Å². The first kappa shape index (κ1) is 18.3.